The first-order valence-corrected chi connectivity index (χ1v) is 15.4. The zero-order chi connectivity index (χ0) is 29.0. The van der Waals surface area contributed by atoms with Gasteiger partial charge < -0.3 is 9.13 Å². The molecule has 0 unspecified atom stereocenters. The number of nitrogens with zero attached hydrogens (tertiary/aromatic N) is 2. The van der Waals surface area contributed by atoms with E-state index in [-0.39, 0.29) is 0 Å². The second-order valence-electron chi connectivity index (χ2n) is 11.7. The fourth-order valence-electron chi connectivity index (χ4n) is 7.17. The van der Waals surface area contributed by atoms with E-state index in [1.807, 2.05) is 0 Å². The highest BCUT2D eigenvalue weighted by Gasteiger charge is 2.18. The van der Waals surface area contributed by atoms with Crippen LogP contribution in [0.25, 0.3) is 71.7 Å². The Morgan fingerprint density at radius 3 is 1.50 bits per heavy atom. The van der Waals surface area contributed by atoms with E-state index in [1.165, 1.54) is 77.3 Å². The van der Waals surface area contributed by atoms with Gasteiger partial charge in [0.25, 0.3) is 0 Å². The van der Waals surface area contributed by atoms with Crippen LogP contribution in [-0.4, -0.2) is 9.13 Å². The molecule has 2 heteroatoms. The molecule has 6 aromatic carbocycles. The van der Waals surface area contributed by atoms with Gasteiger partial charge in [-0.05, 0) is 89.7 Å². The highest BCUT2D eigenvalue weighted by atomic mass is 15.0. The Bertz CT molecular complexity index is 2420. The van der Waals surface area contributed by atoms with Crippen molar-refractivity contribution in [3.05, 3.63) is 163 Å². The molecule has 0 aliphatic heterocycles. The molecule has 0 saturated carbocycles. The molecule has 2 nitrogen and oxygen atoms in total. The van der Waals surface area contributed by atoms with Crippen molar-refractivity contribution in [2.45, 2.75) is 12.8 Å². The SMILES string of the molecule is C1=C(c2ccccc2)CCC(n2c3ccccc3c3cc(-c4ccc5c(c4)c4ccccc4n5-c4ccccc4)ccc32)=C1. The van der Waals surface area contributed by atoms with E-state index < -0.39 is 0 Å². The normalized spacial score (nSPS) is 13.5. The minimum Gasteiger partial charge on any atom is -0.313 e. The third kappa shape index (κ3) is 3.88. The zero-order valence-electron chi connectivity index (χ0n) is 24.3. The molecule has 0 amide bonds. The quantitative estimate of drug-likeness (QED) is 0.202. The van der Waals surface area contributed by atoms with E-state index in [2.05, 4.69) is 167 Å². The zero-order valence-corrected chi connectivity index (χ0v) is 24.3. The molecule has 0 bridgehead atoms. The predicted molar refractivity (Wildman–Crippen MR) is 187 cm³/mol. The van der Waals surface area contributed by atoms with Crippen LogP contribution in [0, 0.1) is 0 Å². The molecule has 2 heterocycles. The minimum atomic E-state index is 1.01. The van der Waals surface area contributed by atoms with E-state index in [1.54, 1.807) is 0 Å². The summed E-state index contributed by atoms with van der Waals surface area (Å²) in [4.78, 5) is 0. The molecule has 8 aromatic rings. The van der Waals surface area contributed by atoms with Crippen molar-refractivity contribution in [3.8, 4) is 16.8 Å². The second kappa shape index (κ2) is 10.00. The fraction of sp³-hybridized carbons (Fsp3) is 0.0476. The van der Waals surface area contributed by atoms with Crippen LogP contribution in [0.5, 0.6) is 0 Å². The molecule has 0 atom stereocenters. The molecule has 44 heavy (non-hydrogen) atoms. The van der Waals surface area contributed by atoms with E-state index in [4.69, 9.17) is 0 Å². The Balaban J connectivity index is 1.19. The number of allylic oxidation sites excluding steroid dienone is 4. The van der Waals surface area contributed by atoms with Crippen LogP contribution in [0.3, 0.4) is 0 Å². The fourth-order valence-corrected chi connectivity index (χ4v) is 7.17. The van der Waals surface area contributed by atoms with Crippen LogP contribution in [0.4, 0.5) is 0 Å². The molecule has 0 radical (unpaired) electrons. The van der Waals surface area contributed by atoms with Crippen molar-refractivity contribution in [2.75, 3.05) is 0 Å². The highest BCUT2D eigenvalue weighted by molar-refractivity contribution is 6.13. The maximum absolute atomic E-state index is 2.48. The lowest BCUT2D eigenvalue weighted by molar-refractivity contribution is 0.992. The summed E-state index contributed by atoms with van der Waals surface area (Å²) in [6, 6.07) is 52.9. The van der Waals surface area contributed by atoms with E-state index in [0.717, 1.165) is 12.8 Å². The maximum Gasteiger partial charge on any atom is 0.0541 e. The summed E-state index contributed by atoms with van der Waals surface area (Å²) in [5, 5.41) is 5.14. The number of para-hydroxylation sites is 3. The van der Waals surface area contributed by atoms with Gasteiger partial charge >= 0.3 is 0 Å². The first-order chi connectivity index (χ1) is 21.8. The standard InChI is InChI=1S/C42H30N2/c1-3-11-29(12-4-1)30-19-23-34(24-20-30)44-40-18-10-8-16-36(40)38-28-32(22-26-42(38)44)31-21-25-41-37(27-31)35-15-7-9-17-39(35)43(41)33-13-5-2-6-14-33/h1-19,21-23,25-28H,20,24H2. The summed E-state index contributed by atoms with van der Waals surface area (Å²) < 4.78 is 4.85. The van der Waals surface area contributed by atoms with Gasteiger partial charge in [-0.3, -0.25) is 0 Å². The average Bonchev–Trinajstić information content (AvgIpc) is 3.61. The van der Waals surface area contributed by atoms with E-state index >= 15 is 0 Å². The maximum atomic E-state index is 2.48. The molecular formula is C42H30N2. The Hall–Kier alpha value is -5.60. The second-order valence-corrected chi connectivity index (χ2v) is 11.7. The van der Waals surface area contributed by atoms with Gasteiger partial charge in [0.15, 0.2) is 0 Å². The van der Waals surface area contributed by atoms with Crippen molar-refractivity contribution in [1.29, 1.82) is 0 Å². The lowest BCUT2D eigenvalue weighted by Gasteiger charge is -2.18. The minimum absolute atomic E-state index is 1.01. The number of fused-ring (bicyclic) bond motifs is 6. The van der Waals surface area contributed by atoms with Crippen LogP contribution in [0.15, 0.2) is 158 Å². The summed E-state index contributed by atoms with van der Waals surface area (Å²) in [6.07, 6.45) is 6.68. The van der Waals surface area contributed by atoms with Crippen molar-refractivity contribution in [1.82, 2.24) is 9.13 Å². The summed E-state index contributed by atoms with van der Waals surface area (Å²) in [5.74, 6) is 0. The molecule has 2 aromatic heterocycles. The van der Waals surface area contributed by atoms with Crippen LogP contribution in [0.1, 0.15) is 18.4 Å². The monoisotopic (exact) mass is 562 g/mol. The smallest absolute Gasteiger partial charge is 0.0541 e. The predicted octanol–water partition coefficient (Wildman–Crippen LogP) is 11.3. The number of aromatic nitrogens is 2. The molecular weight excluding hydrogens is 532 g/mol. The lowest BCUT2D eigenvalue weighted by atomic mass is 9.96. The number of rotatable bonds is 4. The summed E-state index contributed by atoms with van der Waals surface area (Å²) in [5.41, 5.74) is 12.7. The molecule has 0 spiro atoms. The van der Waals surface area contributed by atoms with Gasteiger partial charge in [-0.15, -0.1) is 0 Å². The van der Waals surface area contributed by atoms with Crippen LogP contribution in [-0.2, 0) is 0 Å². The number of hydrogen-bond donors (Lipinski definition) is 0. The average molecular weight is 563 g/mol. The van der Waals surface area contributed by atoms with Gasteiger partial charge in [-0.25, -0.2) is 0 Å². The van der Waals surface area contributed by atoms with Crippen molar-refractivity contribution < 1.29 is 0 Å². The summed E-state index contributed by atoms with van der Waals surface area (Å²) in [7, 11) is 0. The largest absolute Gasteiger partial charge is 0.313 e. The topological polar surface area (TPSA) is 9.86 Å². The number of benzene rings is 6. The molecule has 9 rings (SSSR count). The highest BCUT2D eigenvalue weighted by Crippen LogP contribution is 2.39. The first kappa shape index (κ1) is 24.9. The van der Waals surface area contributed by atoms with Crippen LogP contribution >= 0.6 is 0 Å². The molecule has 208 valence electrons. The van der Waals surface area contributed by atoms with Gasteiger partial charge in [0.1, 0.15) is 0 Å². The summed E-state index contributed by atoms with van der Waals surface area (Å²) >= 11 is 0. The lowest BCUT2D eigenvalue weighted by Crippen LogP contribution is -2.01. The molecule has 1 aliphatic carbocycles. The van der Waals surface area contributed by atoms with Gasteiger partial charge in [-0.1, -0.05) is 103 Å². The van der Waals surface area contributed by atoms with Gasteiger partial charge in [0, 0.05) is 32.9 Å². The third-order valence-corrected chi connectivity index (χ3v) is 9.25. The number of hydrogen-bond acceptors (Lipinski definition) is 0. The Kier molecular flexibility index (Phi) is 5.67. The molecule has 0 fully saturated rings. The van der Waals surface area contributed by atoms with E-state index in [0.29, 0.717) is 0 Å². The molecule has 1 aliphatic rings. The first-order valence-electron chi connectivity index (χ1n) is 15.4. The van der Waals surface area contributed by atoms with Crippen molar-refractivity contribution in [3.63, 3.8) is 0 Å². The van der Waals surface area contributed by atoms with Gasteiger partial charge in [0.05, 0.1) is 22.1 Å². The van der Waals surface area contributed by atoms with Gasteiger partial charge in [-0.2, -0.15) is 0 Å². The Morgan fingerprint density at radius 2 is 0.886 bits per heavy atom. The third-order valence-electron chi connectivity index (χ3n) is 9.25. The Labute approximate surface area is 256 Å². The van der Waals surface area contributed by atoms with Crippen molar-refractivity contribution >= 4 is 54.9 Å². The van der Waals surface area contributed by atoms with Gasteiger partial charge in [0.2, 0.25) is 0 Å². The Morgan fingerprint density at radius 1 is 0.364 bits per heavy atom. The molecule has 0 N–H and O–H groups in total. The molecule has 0 saturated heterocycles. The van der Waals surface area contributed by atoms with Crippen LogP contribution in [0.2, 0.25) is 0 Å². The summed E-state index contributed by atoms with van der Waals surface area (Å²) in [6.45, 7) is 0. The van der Waals surface area contributed by atoms with E-state index in [9.17, 15) is 0 Å². The van der Waals surface area contributed by atoms with Crippen LogP contribution < -0.4 is 0 Å². The van der Waals surface area contributed by atoms with Crippen molar-refractivity contribution in [2.24, 2.45) is 0 Å².